The number of ether oxygens (including phenoxy) is 1. The van der Waals surface area contributed by atoms with Gasteiger partial charge in [-0.2, -0.15) is 0 Å². The molecule has 0 saturated carbocycles. The van der Waals surface area contributed by atoms with Gasteiger partial charge in [0.1, 0.15) is 11.9 Å². The summed E-state index contributed by atoms with van der Waals surface area (Å²) >= 11 is 0. The predicted molar refractivity (Wildman–Crippen MR) is 82.6 cm³/mol. The summed E-state index contributed by atoms with van der Waals surface area (Å²) in [5, 5.41) is 6.50. The Morgan fingerprint density at radius 1 is 1.41 bits per heavy atom. The van der Waals surface area contributed by atoms with Crippen LogP contribution in [0, 0.1) is 5.82 Å². The summed E-state index contributed by atoms with van der Waals surface area (Å²) in [5.74, 6) is -0.361. The lowest BCUT2D eigenvalue weighted by molar-refractivity contribution is 0.145. The minimum atomic E-state index is -0.478. The summed E-state index contributed by atoms with van der Waals surface area (Å²) in [7, 11) is 0. The Hall–Kier alpha value is -1.86. The van der Waals surface area contributed by atoms with E-state index >= 15 is 0 Å². The van der Waals surface area contributed by atoms with Crippen LogP contribution in [-0.2, 0) is 4.74 Å². The SMILES string of the molecule is NC[C@H]1CN(c2ccc(NC3CCNCC3)c(F)c2)C(=O)O1. The average molecular weight is 308 g/mol. The first-order valence-corrected chi connectivity index (χ1v) is 7.62. The van der Waals surface area contributed by atoms with Gasteiger partial charge in [-0.3, -0.25) is 4.90 Å². The molecule has 2 heterocycles. The van der Waals surface area contributed by atoms with Crippen LogP contribution < -0.4 is 21.3 Å². The molecule has 0 bridgehead atoms. The highest BCUT2D eigenvalue weighted by Gasteiger charge is 2.31. The molecule has 6 nitrogen and oxygen atoms in total. The second-order valence-corrected chi connectivity index (χ2v) is 5.68. The molecule has 1 amide bonds. The van der Waals surface area contributed by atoms with Crippen LogP contribution in [0.3, 0.4) is 0 Å². The van der Waals surface area contributed by atoms with Crippen molar-refractivity contribution in [2.45, 2.75) is 25.0 Å². The fraction of sp³-hybridized carbons (Fsp3) is 0.533. The minimum Gasteiger partial charge on any atom is -0.443 e. The number of cyclic esters (lactones) is 1. The second kappa shape index (κ2) is 6.50. The molecule has 0 unspecified atom stereocenters. The number of rotatable bonds is 4. The number of nitrogens with one attached hydrogen (secondary N) is 2. The number of nitrogens with zero attached hydrogens (tertiary/aromatic N) is 1. The summed E-state index contributed by atoms with van der Waals surface area (Å²) in [5.41, 5.74) is 6.47. The maximum Gasteiger partial charge on any atom is 0.414 e. The zero-order valence-electron chi connectivity index (χ0n) is 12.3. The molecule has 4 N–H and O–H groups in total. The van der Waals surface area contributed by atoms with Crippen LogP contribution in [0.1, 0.15) is 12.8 Å². The van der Waals surface area contributed by atoms with Gasteiger partial charge in [-0.1, -0.05) is 0 Å². The topological polar surface area (TPSA) is 79.6 Å². The largest absolute Gasteiger partial charge is 0.443 e. The minimum absolute atomic E-state index is 0.264. The lowest BCUT2D eigenvalue weighted by Crippen LogP contribution is -2.35. The van der Waals surface area contributed by atoms with Crippen LogP contribution in [0.5, 0.6) is 0 Å². The molecule has 1 aromatic rings. The Morgan fingerprint density at radius 3 is 2.82 bits per heavy atom. The number of halogens is 1. The number of anilines is 2. The zero-order valence-corrected chi connectivity index (χ0v) is 12.3. The lowest BCUT2D eigenvalue weighted by atomic mass is 10.1. The van der Waals surface area contributed by atoms with Crippen molar-refractivity contribution in [3.8, 4) is 0 Å². The van der Waals surface area contributed by atoms with E-state index in [9.17, 15) is 9.18 Å². The van der Waals surface area contributed by atoms with Crippen molar-refractivity contribution in [1.82, 2.24) is 5.32 Å². The van der Waals surface area contributed by atoms with Gasteiger partial charge in [0.25, 0.3) is 0 Å². The molecule has 2 fully saturated rings. The van der Waals surface area contributed by atoms with Gasteiger partial charge in [-0.05, 0) is 44.1 Å². The number of nitrogens with two attached hydrogens (primary N) is 1. The summed E-state index contributed by atoms with van der Waals surface area (Å²) in [6.45, 7) is 2.50. The first kappa shape index (κ1) is 15.1. The van der Waals surface area contributed by atoms with Gasteiger partial charge in [-0.25, -0.2) is 9.18 Å². The van der Waals surface area contributed by atoms with Gasteiger partial charge in [0, 0.05) is 12.6 Å². The van der Waals surface area contributed by atoms with E-state index in [-0.39, 0.29) is 24.5 Å². The Labute approximate surface area is 128 Å². The number of hydrogen-bond acceptors (Lipinski definition) is 5. The van der Waals surface area contributed by atoms with Crippen LogP contribution in [0.2, 0.25) is 0 Å². The van der Waals surface area contributed by atoms with Crippen LogP contribution in [0.25, 0.3) is 0 Å². The summed E-state index contributed by atoms with van der Waals surface area (Å²) < 4.78 is 19.4. The normalized spacial score (nSPS) is 22.7. The van der Waals surface area contributed by atoms with E-state index in [4.69, 9.17) is 10.5 Å². The van der Waals surface area contributed by atoms with Crippen molar-refractivity contribution in [2.75, 3.05) is 36.4 Å². The molecule has 0 aromatic heterocycles. The molecular weight excluding hydrogens is 287 g/mol. The third kappa shape index (κ3) is 3.15. The summed E-state index contributed by atoms with van der Waals surface area (Å²) in [6, 6.07) is 5.05. The van der Waals surface area contributed by atoms with Gasteiger partial charge in [0.05, 0.1) is 17.9 Å². The molecule has 0 radical (unpaired) electrons. The van der Waals surface area contributed by atoms with Gasteiger partial charge in [0.15, 0.2) is 0 Å². The van der Waals surface area contributed by atoms with Gasteiger partial charge in [-0.15, -0.1) is 0 Å². The second-order valence-electron chi connectivity index (χ2n) is 5.68. The Bertz CT molecular complexity index is 548. The quantitative estimate of drug-likeness (QED) is 0.781. The Kier molecular flexibility index (Phi) is 4.44. The van der Waals surface area contributed by atoms with Crippen LogP contribution in [-0.4, -0.2) is 44.4 Å². The maximum absolute atomic E-state index is 14.3. The highest BCUT2D eigenvalue weighted by atomic mass is 19.1. The molecule has 3 rings (SSSR count). The van der Waals surface area contributed by atoms with E-state index in [0.29, 0.717) is 17.9 Å². The fourth-order valence-electron chi connectivity index (χ4n) is 2.83. The van der Waals surface area contributed by atoms with Crippen molar-refractivity contribution < 1.29 is 13.9 Å². The van der Waals surface area contributed by atoms with Gasteiger partial charge >= 0.3 is 6.09 Å². The predicted octanol–water partition coefficient (Wildman–Crippen LogP) is 1.27. The molecule has 2 aliphatic rings. The van der Waals surface area contributed by atoms with Crippen LogP contribution in [0.4, 0.5) is 20.6 Å². The Morgan fingerprint density at radius 2 is 2.18 bits per heavy atom. The van der Waals surface area contributed by atoms with Gasteiger partial charge < -0.3 is 21.1 Å². The highest BCUT2D eigenvalue weighted by Crippen LogP contribution is 2.26. The van der Waals surface area contributed by atoms with Crippen LogP contribution >= 0.6 is 0 Å². The maximum atomic E-state index is 14.3. The third-order valence-electron chi connectivity index (χ3n) is 4.10. The van der Waals surface area contributed by atoms with E-state index in [2.05, 4.69) is 10.6 Å². The summed E-state index contributed by atoms with van der Waals surface area (Å²) in [6.07, 6.45) is 1.13. The molecule has 0 spiro atoms. The van der Waals surface area contributed by atoms with Crippen molar-refractivity contribution in [3.05, 3.63) is 24.0 Å². The van der Waals surface area contributed by atoms with Crippen molar-refractivity contribution in [2.24, 2.45) is 5.73 Å². The molecule has 120 valence electrons. The molecule has 22 heavy (non-hydrogen) atoms. The molecular formula is C15H21FN4O2. The number of benzene rings is 1. The fourth-order valence-corrected chi connectivity index (χ4v) is 2.83. The lowest BCUT2D eigenvalue weighted by Gasteiger charge is -2.25. The van der Waals surface area contributed by atoms with Gasteiger partial charge in [0.2, 0.25) is 0 Å². The molecule has 1 atom stereocenters. The Balaban J connectivity index is 1.70. The number of carbonyl (C=O) groups is 1. The summed E-state index contributed by atoms with van der Waals surface area (Å²) in [4.78, 5) is 13.2. The zero-order chi connectivity index (χ0) is 15.5. The molecule has 0 aliphatic carbocycles. The standard InChI is InChI=1S/C15H21FN4O2/c16-13-7-11(20-9-12(8-17)22-15(20)21)1-2-14(13)19-10-3-5-18-6-4-10/h1-2,7,10,12,18-19H,3-6,8-9,17H2/t12-/m0/s1. The molecule has 1 aromatic carbocycles. The van der Waals surface area contributed by atoms with E-state index in [0.717, 1.165) is 25.9 Å². The van der Waals surface area contributed by atoms with E-state index in [1.807, 2.05) is 0 Å². The average Bonchev–Trinajstić information content (AvgIpc) is 2.91. The van der Waals surface area contributed by atoms with Crippen LogP contribution in [0.15, 0.2) is 18.2 Å². The number of amides is 1. The first-order chi connectivity index (χ1) is 10.7. The number of hydrogen-bond donors (Lipinski definition) is 3. The molecule has 2 saturated heterocycles. The molecule has 7 heteroatoms. The van der Waals surface area contributed by atoms with Crippen molar-refractivity contribution >= 4 is 17.5 Å². The van der Waals surface area contributed by atoms with Crippen molar-refractivity contribution in [1.29, 1.82) is 0 Å². The first-order valence-electron chi connectivity index (χ1n) is 7.62. The smallest absolute Gasteiger partial charge is 0.414 e. The number of piperidine rings is 1. The third-order valence-corrected chi connectivity index (χ3v) is 4.10. The highest BCUT2D eigenvalue weighted by molar-refractivity contribution is 5.90. The molecule has 2 aliphatic heterocycles. The van der Waals surface area contributed by atoms with E-state index in [1.165, 1.54) is 11.0 Å². The number of carbonyl (C=O) groups excluding carboxylic acids is 1. The monoisotopic (exact) mass is 308 g/mol. The van der Waals surface area contributed by atoms with E-state index in [1.54, 1.807) is 12.1 Å². The van der Waals surface area contributed by atoms with Crippen molar-refractivity contribution in [3.63, 3.8) is 0 Å². The van der Waals surface area contributed by atoms with E-state index < -0.39 is 6.09 Å².